The molecular weight excluding hydrogens is 287 g/mol. The van der Waals surface area contributed by atoms with Gasteiger partial charge in [0, 0.05) is 11.6 Å². The minimum atomic E-state index is -4.43. The number of aliphatic hydroxyl groups excluding tert-OH is 1. The Morgan fingerprint density at radius 3 is 2.40 bits per heavy atom. The van der Waals surface area contributed by atoms with Gasteiger partial charge in [-0.25, -0.2) is 4.98 Å². The van der Waals surface area contributed by atoms with Gasteiger partial charge in [0.05, 0.1) is 11.0 Å². The Kier molecular flexibility index (Phi) is 4.44. The molecule has 114 valence electrons. The van der Waals surface area contributed by atoms with Crippen LogP contribution in [0.5, 0.6) is 0 Å². The zero-order valence-electron chi connectivity index (χ0n) is 11.7. The minimum Gasteiger partial charge on any atom is -0.387 e. The van der Waals surface area contributed by atoms with Crippen LogP contribution in [0.4, 0.5) is 13.2 Å². The van der Waals surface area contributed by atoms with Gasteiger partial charge in [0.15, 0.2) is 5.01 Å². The molecule has 1 saturated carbocycles. The normalized spacial score (nSPS) is 20.6. The molecule has 1 heterocycles. The van der Waals surface area contributed by atoms with Gasteiger partial charge >= 0.3 is 6.18 Å². The summed E-state index contributed by atoms with van der Waals surface area (Å²) >= 11 is 0.574. The molecule has 6 heteroatoms. The van der Waals surface area contributed by atoms with E-state index in [4.69, 9.17) is 0 Å². The van der Waals surface area contributed by atoms with Gasteiger partial charge in [-0.1, -0.05) is 26.7 Å². The fourth-order valence-electron chi connectivity index (χ4n) is 3.33. The van der Waals surface area contributed by atoms with E-state index in [0.717, 1.165) is 32.1 Å². The third kappa shape index (κ3) is 3.17. The molecule has 0 saturated heterocycles. The van der Waals surface area contributed by atoms with Crippen molar-refractivity contribution >= 4 is 11.3 Å². The molecule has 0 radical (unpaired) electrons. The van der Waals surface area contributed by atoms with Crippen molar-refractivity contribution in [2.45, 2.75) is 58.2 Å². The van der Waals surface area contributed by atoms with Crippen molar-refractivity contribution in [1.29, 1.82) is 0 Å². The molecule has 2 nitrogen and oxygen atoms in total. The van der Waals surface area contributed by atoms with Crippen LogP contribution in [0.1, 0.15) is 61.9 Å². The van der Waals surface area contributed by atoms with Gasteiger partial charge in [0.25, 0.3) is 0 Å². The molecule has 0 amide bonds. The van der Waals surface area contributed by atoms with Gasteiger partial charge in [-0.3, -0.25) is 0 Å². The highest BCUT2D eigenvalue weighted by Gasteiger charge is 2.43. The molecule has 20 heavy (non-hydrogen) atoms. The maximum absolute atomic E-state index is 12.6. The van der Waals surface area contributed by atoms with Gasteiger partial charge in [-0.05, 0) is 25.2 Å². The number of nitrogens with zero attached hydrogens (tertiary/aromatic N) is 1. The predicted octanol–water partition coefficient (Wildman–Crippen LogP) is 4.80. The summed E-state index contributed by atoms with van der Waals surface area (Å²) in [5.74, 6) is 0.415. The SMILES string of the molecule is CC(C)CC1(C(O)c2cnc(C(F)(F)F)s2)CCCC1. The van der Waals surface area contributed by atoms with E-state index in [2.05, 4.69) is 18.8 Å². The standard InChI is InChI=1S/C14H20F3NOS/c1-9(2)7-13(5-3-4-6-13)11(19)10-8-18-12(20-10)14(15,16)17/h8-9,11,19H,3-7H2,1-2H3. The highest BCUT2D eigenvalue weighted by molar-refractivity contribution is 7.11. The molecule has 1 unspecified atom stereocenters. The molecular formula is C14H20F3NOS. The van der Waals surface area contributed by atoms with Crippen LogP contribution < -0.4 is 0 Å². The van der Waals surface area contributed by atoms with Crippen LogP contribution in [0.25, 0.3) is 0 Å². The molecule has 0 aliphatic heterocycles. The van der Waals surface area contributed by atoms with Crippen molar-refractivity contribution in [2.24, 2.45) is 11.3 Å². The Morgan fingerprint density at radius 2 is 1.95 bits per heavy atom. The molecule has 1 N–H and O–H groups in total. The number of hydrogen-bond donors (Lipinski definition) is 1. The van der Waals surface area contributed by atoms with Crippen LogP contribution in [0.3, 0.4) is 0 Å². The highest BCUT2D eigenvalue weighted by atomic mass is 32.1. The van der Waals surface area contributed by atoms with E-state index in [-0.39, 0.29) is 5.41 Å². The average molecular weight is 307 g/mol. The van der Waals surface area contributed by atoms with E-state index >= 15 is 0 Å². The van der Waals surface area contributed by atoms with Crippen molar-refractivity contribution in [2.75, 3.05) is 0 Å². The second-order valence-corrected chi connectivity index (χ2v) is 7.20. The Bertz CT molecular complexity index is 450. The first-order valence-electron chi connectivity index (χ1n) is 6.95. The van der Waals surface area contributed by atoms with Gasteiger partial charge in [0.1, 0.15) is 0 Å². The van der Waals surface area contributed by atoms with Gasteiger partial charge < -0.3 is 5.11 Å². The number of alkyl halides is 3. The molecule has 1 aliphatic rings. The van der Waals surface area contributed by atoms with Crippen molar-refractivity contribution < 1.29 is 18.3 Å². The molecule has 0 aromatic carbocycles. The van der Waals surface area contributed by atoms with Gasteiger partial charge in [-0.2, -0.15) is 13.2 Å². The Balaban J connectivity index is 2.24. The van der Waals surface area contributed by atoms with E-state index in [1.165, 1.54) is 6.20 Å². The van der Waals surface area contributed by atoms with Crippen LogP contribution >= 0.6 is 11.3 Å². The topological polar surface area (TPSA) is 33.1 Å². The molecule has 0 bridgehead atoms. The zero-order valence-corrected chi connectivity index (χ0v) is 12.5. The van der Waals surface area contributed by atoms with E-state index in [9.17, 15) is 18.3 Å². The third-order valence-electron chi connectivity index (χ3n) is 4.03. The summed E-state index contributed by atoms with van der Waals surface area (Å²) in [5, 5.41) is 9.73. The van der Waals surface area contributed by atoms with E-state index in [0.29, 0.717) is 22.1 Å². The fraction of sp³-hybridized carbons (Fsp3) is 0.786. The third-order valence-corrected chi connectivity index (χ3v) is 5.12. The number of hydrogen-bond acceptors (Lipinski definition) is 3. The number of aromatic nitrogens is 1. The van der Waals surface area contributed by atoms with Crippen molar-refractivity contribution in [3.63, 3.8) is 0 Å². The first kappa shape index (κ1) is 15.8. The zero-order chi connectivity index (χ0) is 15.0. The summed E-state index contributed by atoms with van der Waals surface area (Å²) < 4.78 is 37.8. The average Bonchev–Trinajstić information content (AvgIpc) is 2.94. The van der Waals surface area contributed by atoms with E-state index < -0.39 is 17.3 Å². The molecule has 2 rings (SSSR count). The highest BCUT2D eigenvalue weighted by Crippen LogP contribution is 2.52. The quantitative estimate of drug-likeness (QED) is 0.866. The van der Waals surface area contributed by atoms with E-state index in [1.807, 2.05) is 0 Å². The van der Waals surface area contributed by atoms with Crippen molar-refractivity contribution in [3.8, 4) is 0 Å². The molecule has 1 aromatic heterocycles. The second kappa shape index (κ2) is 5.64. The summed E-state index contributed by atoms with van der Waals surface area (Å²) in [5.41, 5.74) is -0.274. The summed E-state index contributed by atoms with van der Waals surface area (Å²) in [6.45, 7) is 4.17. The summed E-state index contributed by atoms with van der Waals surface area (Å²) in [6, 6.07) is 0. The minimum absolute atomic E-state index is 0.274. The maximum atomic E-state index is 12.6. The number of aliphatic hydroxyl groups is 1. The molecule has 0 spiro atoms. The Hall–Kier alpha value is -0.620. The monoisotopic (exact) mass is 307 g/mol. The summed E-state index contributed by atoms with van der Waals surface area (Å²) in [6.07, 6.45) is 0.608. The number of halogens is 3. The van der Waals surface area contributed by atoms with Crippen molar-refractivity contribution in [1.82, 2.24) is 4.98 Å². The lowest BCUT2D eigenvalue weighted by Gasteiger charge is -2.35. The Labute approximate surface area is 121 Å². The number of rotatable bonds is 4. The fourth-order valence-corrected chi connectivity index (χ4v) is 4.24. The first-order chi connectivity index (χ1) is 9.24. The Morgan fingerprint density at radius 1 is 1.35 bits per heavy atom. The second-order valence-electron chi connectivity index (χ2n) is 6.14. The lowest BCUT2D eigenvalue weighted by atomic mass is 9.73. The lowest BCUT2D eigenvalue weighted by molar-refractivity contribution is -0.137. The van der Waals surface area contributed by atoms with Gasteiger partial charge in [0.2, 0.25) is 0 Å². The smallest absolute Gasteiger partial charge is 0.387 e. The molecule has 1 fully saturated rings. The van der Waals surface area contributed by atoms with Crippen LogP contribution in [0, 0.1) is 11.3 Å². The maximum Gasteiger partial charge on any atom is 0.443 e. The summed E-state index contributed by atoms with van der Waals surface area (Å²) in [7, 11) is 0. The van der Waals surface area contributed by atoms with E-state index in [1.54, 1.807) is 0 Å². The summed E-state index contributed by atoms with van der Waals surface area (Å²) in [4.78, 5) is 3.77. The molecule has 1 aliphatic carbocycles. The van der Waals surface area contributed by atoms with Crippen molar-refractivity contribution in [3.05, 3.63) is 16.1 Å². The van der Waals surface area contributed by atoms with Crippen LogP contribution in [0.2, 0.25) is 0 Å². The van der Waals surface area contributed by atoms with Crippen LogP contribution in [0.15, 0.2) is 6.20 Å². The van der Waals surface area contributed by atoms with Gasteiger partial charge in [-0.15, -0.1) is 11.3 Å². The first-order valence-corrected chi connectivity index (χ1v) is 7.77. The largest absolute Gasteiger partial charge is 0.443 e. The lowest BCUT2D eigenvalue weighted by Crippen LogP contribution is -2.27. The number of thiazole rings is 1. The predicted molar refractivity (Wildman–Crippen MR) is 72.4 cm³/mol. The molecule has 1 aromatic rings. The molecule has 1 atom stereocenters. The van der Waals surface area contributed by atoms with Crippen LogP contribution in [-0.4, -0.2) is 10.1 Å². The van der Waals surface area contributed by atoms with Crippen LogP contribution in [-0.2, 0) is 6.18 Å².